The van der Waals surface area contributed by atoms with E-state index in [-0.39, 0.29) is 11.1 Å². The standard InChI is InChI=1S/C20H18F2N2O2/c21-17-12-15(8-9-18(17)24-10-4-5-11-24)19(26)23-13-20(22,14-25)16-6-2-1-3-7-16/h1-12,25H,13-14H2,(H,23,26). The number of halogens is 2. The first-order valence-electron chi connectivity index (χ1n) is 8.10. The molecule has 1 aromatic heterocycles. The number of aliphatic hydroxyl groups excluding tert-OH is 1. The van der Waals surface area contributed by atoms with Crippen molar-refractivity contribution >= 4 is 5.91 Å². The van der Waals surface area contributed by atoms with E-state index in [1.54, 1.807) is 47.3 Å². The molecule has 3 rings (SSSR count). The summed E-state index contributed by atoms with van der Waals surface area (Å²) in [6.45, 7) is -1.20. The Morgan fingerprint density at radius 1 is 1.08 bits per heavy atom. The highest BCUT2D eigenvalue weighted by molar-refractivity contribution is 5.94. The van der Waals surface area contributed by atoms with Crippen LogP contribution in [-0.2, 0) is 5.67 Å². The number of hydrogen-bond donors (Lipinski definition) is 2. The molecule has 1 atom stereocenters. The second kappa shape index (κ2) is 7.49. The van der Waals surface area contributed by atoms with E-state index < -0.39 is 30.5 Å². The van der Waals surface area contributed by atoms with Gasteiger partial charge in [-0.2, -0.15) is 0 Å². The summed E-state index contributed by atoms with van der Waals surface area (Å²) in [7, 11) is 0. The van der Waals surface area contributed by atoms with Crippen LogP contribution in [0.5, 0.6) is 0 Å². The van der Waals surface area contributed by atoms with Gasteiger partial charge < -0.3 is 15.0 Å². The van der Waals surface area contributed by atoms with E-state index in [9.17, 15) is 18.7 Å². The molecule has 1 heterocycles. The lowest BCUT2D eigenvalue weighted by molar-refractivity contribution is 0.0624. The molecule has 3 aromatic rings. The molecule has 0 saturated carbocycles. The van der Waals surface area contributed by atoms with E-state index in [1.165, 1.54) is 24.3 Å². The lowest BCUT2D eigenvalue weighted by atomic mass is 9.96. The summed E-state index contributed by atoms with van der Waals surface area (Å²) in [6, 6.07) is 15.7. The summed E-state index contributed by atoms with van der Waals surface area (Å²) in [6.07, 6.45) is 3.38. The van der Waals surface area contributed by atoms with Crippen LogP contribution in [0.3, 0.4) is 0 Å². The summed E-state index contributed by atoms with van der Waals surface area (Å²) >= 11 is 0. The normalized spacial score (nSPS) is 13.2. The zero-order chi connectivity index (χ0) is 18.6. The zero-order valence-corrected chi connectivity index (χ0v) is 13.9. The first-order valence-corrected chi connectivity index (χ1v) is 8.10. The lowest BCUT2D eigenvalue weighted by Gasteiger charge is -2.24. The zero-order valence-electron chi connectivity index (χ0n) is 13.9. The first-order chi connectivity index (χ1) is 12.5. The van der Waals surface area contributed by atoms with Gasteiger partial charge in [-0.05, 0) is 35.9 Å². The van der Waals surface area contributed by atoms with Crippen LogP contribution in [0, 0.1) is 5.82 Å². The van der Waals surface area contributed by atoms with E-state index in [1.807, 2.05) is 0 Å². The van der Waals surface area contributed by atoms with Crippen LogP contribution in [0.2, 0.25) is 0 Å². The van der Waals surface area contributed by atoms with Gasteiger partial charge in [0.25, 0.3) is 5.91 Å². The Hall–Kier alpha value is -2.99. The molecular formula is C20H18F2N2O2. The molecule has 0 aliphatic rings. The Labute approximate surface area is 149 Å². The van der Waals surface area contributed by atoms with Crippen molar-refractivity contribution in [1.29, 1.82) is 0 Å². The van der Waals surface area contributed by atoms with Gasteiger partial charge >= 0.3 is 0 Å². The van der Waals surface area contributed by atoms with Crippen LogP contribution in [0.4, 0.5) is 8.78 Å². The maximum Gasteiger partial charge on any atom is 0.251 e. The van der Waals surface area contributed by atoms with Gasteiger partial charge in [0, 0.05) is 18.0 Å². The molecule has 0 spiro atoms. The minimum absolute atomic E-state index is 0.0757. The number of benzene rings is 2. The quantitative estimate of drug-likeness (QED) is 0.713. The SMILES string of the molecule is O=C(NCC(F)(CO)c1ccccc1)c1ccc(-n2cccc2)c(F)c1. The predicted molar refractivity (Wildman–Crippen MR) is 94.4 cm³/mol. The summed E-state index contributed by atoms with van der Waals surface area (Å²) in [5.74, 6) is -1.18. The van der Waals surface area contributed by atoms with E-state index in [0.29, 0.717) is 5.69 Å². The number of nitrogens with zero attached hydrogens (tertiary/aromatic N) is 1. The van der Waals surface area contributed by atoms with Crippen LogP contribution in [0.1, 0.15) is 15.9 Å². The van der Waals surface area contributed by atoms with Crippen LogP contribution >= 0.6 is 0 Å². The van der Waals surface area contributed by atoms with E-state index >= 15 is 0 Å². The van der Waals surface area contributed by atoms with E-state index in [2.05, 4.69) is 5.32 Å². The van der Waals surface area contributed by atoms with Crippen LogP contribution in [0.15, 0.2) is 73.1 Å². The Bertz CT molecular complexity index is 882. The molecule has 1 amide bonds. The van der Waals surface area contributed by atoms with E-state index in [4.69, 9.17) is 0 Å². The number of carbonyl (C=O) groups excluding carboxylic acids is 1. The number of rotatable bonds is 6. The molecule has 6 heteroatoms. The molecular weight excluding hydrogens is 338 g/mol. The van der Waals surface area contributed by atoms with Gasteiger partial charge in [-0.15, -0.1) is 0 Å². The number of amides is 1. The van der Waals surface area contributed by atoms with Crippen molar-refractivity contribution < 1.29 is 18.7 Å². The maximum absolute atomic E-state index is 14.9. The predicted octanol–water partition coefficient (Wildman–Crippen LogP) is 3.20. The highest BCUT2D eigenvalue weighted by Gasteiger charge is 2.31. The van der Waals surface area contributed by atoms with Gasteiger partial charge in [0.1, 0.15) is 5.82 Å². The van der Waals surface area contributed by atoms with Crippen molar-refractivity contribution in [3.8, 4) is 5.69 Å². The Kier molecular flexibility index (Phi) is 5.14. The fourth-order valence-corrected chi connectivity index (χ4v) is 2.66. The fourth-order valence-electron chi connectivity index (χ4n) is 2.66. The molecule has 0 fully saturated rings. The highest BCUT2D eigenvalue weighted by Crippen LogP contribution is 2.25. The van der Waals surface area contributed by atoms with Crippen LogP contribution in [0.25, 0.3) is 5.69 Å². The molecule has 134 valence electrons. The second-order valence-corrected chi connectivity index (χ2v) is 5.93. The third kappa shape index (κ3) is 3.65. The van der Waals surface area contributed by atoms with Crippen LogP contribution < -0.4 is 5.32 Å². The molecule has 0 aliphatic carbocycles. The maximum atomic E-state index is 14.9. The topological polar surface area (TPSA) is 54.3 Å². The molecule has 0 radical (unpaired) electrons. The number of hydrogen-bond acceptors (Lipinski definition) is 2. The summed E-state index contributed by atoms with van der Waals surface area (Å²) in [4.78, 5) is 12.3. The Morgan fingerprint density at radius 3 is 2.38 bits per heavy atom. The van der Waals surface area contributed by atoms with E-state index in [0.717, 1.165) is 6.07 Å². The van der Waals surface area contributed by atoms with Crippen molar-refractivity contribution in [2.24, 2.45) is 0 Å². The summed E-state index contributed by atoms with van der Waals surface area (Å²) < 4.78 is 30.8. The minimum atomic E-state index is -2.11. The molecule has 4 nitrogen and oxygen atoms in total. The number of carbonyl (C=O) groups is 1. The molecule has 2 aromatic carbocycles. The Balaban J connectivity index is 1.73. The van der Waals surface area contributed by atoms with Gasteiger partial charge in [-0.25, -0.2) is 8.78 Å². The van der Waals surface area contributed by atoms with Crippen molar-refractivity contribution in [3.05, 3.63) is 90.0 Å². The Morgan fingerprint density at radius 2 is 1.77 bits per heavy atom. The molecule has 1 unspecified atom stereocenters. The van der Waals surface area contributed by atoms with Crippen molar-refractivity contribution in [1.82, 2.24) is 9.88 Å². The number of nitrogens with one attached hydrogen (secondary N) is 1. The van der Waals surface area contributed by atoms with Gasteiger partial charge in [0.15, 0.2) is 5.67 Å². The second-order valence-electron chi connectivity index (χ2n) is 5.93. The molecule has 2 N–H and O–H groups in total. The summed E-state index contributed by atoms with van der Waals surface area (Å²) in [5, 5.41) is 11.8. The summed E-state index contributed by atoms with van der Waals surface area (Å²) in [5.41, 5.74) is -1.46. The third-order valence-corrected chi connectivity index (χ3v) is 4.16. The monoisotopic (exact) mass is 356 g/mol. The average Bonchev–Trinajstić information content (AvgIpc) is 3.21. The largest absolute Gasteiger partial charge is 0.393 e. The number of aromatic nitrogens is 1. The van der Waals surface area contributed by atoms with Crippen molar-refractivity contribution in [3.63, 3.8) is 0 Å². The number of alkyl halides is 1. The van der Waals surface area contributed by atoms with Crippen molar-refractivity contribution in [2.45, 2.75) is 5.67 Å². The lowest BCUT2D eigenvalue weighted by Crippen LogP contribution is -2.40. The van der Waals surface area contributed by atoms with Crippen LogP contribution in [-0.4, -0.2) is 28.7 Å². The van der Waals surface area contributed by atoms with Crippen molar-refractivity contribution in [2.75, 3.05) is 13.2 Å². The molecule has 0 aliphatic heterocycles. The van der Waals surface area contributed by atoms with Gasteiger partial charge in [-0.1, -0.05) is 30.3 Å². The average molecular weight is 356 g/mol. The minimum Gasteiger partial charge on any atom is -0.393 e. The smallest absolute Gasteiger partial charge is 0.251 e. The fraction of sp³-hybridized carbons (Fsp3) is 0.150. The van der Waals surface area contributed by atoms with Gasteiger partial charge in [0.2, 0.25) is 0 Å². The molecule has 0 saturated heterocycles. The van der Waals surface area contributed by atoms with Gasteiger partial charge in [-0.3, -0.25) is 4.79 Å². The van der Waals surface area contributed by atoms with Gasteiger partial charge in [0.05, 0.1) is 18.8 Å². The first kappa shape index (κ1) is 17.8. The third-order valence-electron chi connectivity index (χ3n) is 4.16. The number of aliphatic hydroxyl groups is 1. The molecule has 0 bridgehead atoms. The molecule has 26 heavy (non-hydrogen) atoms. The highest BCUT2D eigenvalue weighted by atomic mass is 19.1.